The molecule has 0 saturated carbocycles. The number of anilines is 1. The van der Waals surface area contributed by atoms with E-state index in [4.69, 9.17) is 5.73 Å². The van der Waals surface area contributed by atoms with Crippen molar-refractivity contribution in [2.45, 2.75) is 75.0 Å². The molecule has 0 saturated heterocycles. The smallest absolute Gasteiger partial charge is 0.168 e. The molecule has 10 aromatic rings. The molecule has 8 aromatic carbocycles. The molecule has 4 aliphatic carbocycles. The maximum atomic E-state index is 9.94. The SMILES string of the molecule is Nc1cccc2c1[C@@]1(CC2)CCc2cccc(P(c3ccccc3)c3ccccc3)c21.O=Cc1ccccn1.c1ccc(P(c2ccccc2)c2cccc3c2[C@]2(CCc4cccc(CCc5ccccn5)c42)CC3)cc1. The quantitative estimate of drug-likeness (QED) is 0.0842. The van der Waals surface area contributed by atoms with Crippen LogP contribution < -0.4 is 37.6 Å². The summed E-state index contributed by atoms with van der Waals surface area (Å²) in [6.07, 6.45) is 15.7. The first-order valence-corrected chi connectivity index (χ1v) is 30.0. The number of rotatable bonds is 10. The molecule has 2 atom stereocenters. The number of hydrogen-bond acceptors (Lipinski definition) is 4. The number of nitrogens with two attached hydrogens (primary N) is 1. The molecule has 6 heteroatoms. The number of pyridine rings is 2. The minimum absolute atomic E-state index is 0.0662. The first kappa shape index (κ1) is 50.2. The number of aldehydes is 1. The lowest BCUT2D eigenvalue weighted by Gasteiger charge is -2.33. The normalized spacial score (nSPS) is 17.2. The molecule has 14 rings (SSSR count). The highest BCUT2D eigenvalue weighted by Crippen LogP contribution is 2.57. The second-order valence-electron chi connectivity index (χ2n) is 20.8. The van der Waals surface area contributed by atoms with Crippen molar-refractivity contribution in [3.63, 3.8) is 0 Å². The lowest BCUT2D eigenvalue weighted by Crippen LogP contribution is -2.32. The number of fused-ring (bicyclic) bond motifs is 8. The maximum Gasteiger partial charge on any atom is 0.168 e. The van der Waals surface area contributed by atoms with Crippen molar-refractivity contribution >= 4 is 59.6 Å². The van der Waals surface area contributed by atoms with Gasteiger partial charge in [0.25, 0.3) is 0 Å². The molecular formula is C71H63N3OP2. The van der Waals surface area contributed by atoms with Gasteiger partial charge in [-0.05, 0) is 192 Å². The molecule has 2 aromatic heterocycles. The van der Waals surface area contributed by atoms with E-state index in [0.717, 1.165) is 37.7 Å². The molecule has 2 N–H and O–H groups in total. The van der Waals surface area contributed by atoms with Gasteiger partial charge in [0, 0.05) is 34.6 Å². The summed E-state index contributed by atoms with van der Waals surface area (Å²) in [4.78, 5) is 18.3. The van der Waals surface area contributed by atoms with Gasteiger partial charge in [0.15, 0.2) is 6.29 Å². The molecule has 378 valence electrons. The summed E-state index contributed by atoms with van der Waals surface area (Å²) >= 11 is 0. The number of nitrogen functional groups attached to an aromatic ring is 1. The van der Waals surface area contributed by atoms with Gasteiger partial charge in [-0.25, -0.2) is 0 Å². The predicted molar refractivity (Wildman–Crippen MR) is 324 cm³/mol. The van der Waals surface area contributed by atoms with Gasteiger partial charge in [0.2, 0.25) is 0 Å². The highest BCUT2D eigenvalue weighted by atomic mass is 31.1. The van der Waals surface area contributed by atoms with Crippen molar-refractivity contribution in [1.29, 1.82) is 0 Å². The zero-order chi connectivity index (χ0) is 52.0. The van der Waals surface area contributed by atoms with E-state index >= 15 is 0 Å². The number of carbonyl (C=O) groups excluding carboxylic acids is 1. The maximum absolute atomic E-state index is 9.94. The Morgan fingerprint density at radius 3 is 1.22 bits per heavy atom. The van der Waals surface area contributed by atoms with E-state index in [1.54, 1.807) is 57.5 Å². The standard InChI is InChI=1S/C36H32NP.C29H26NP.C6H5NO/c1-3-15-31(16-4-1)38(32-17-5-2-6-18-32)33-19-10-13-29-23-25-36(35(29)33)24-22-28-12-9-11-27(34(28)36)20-21-30-14-7-8-26-37-30;30-25-15-7-9-21-17-19-29(27(21)25)20-18-22-10-8-16-26(28(22)29)31(23-11-3-1-4-12-23)24-13-5-2-6-14-24;8-5-6-3-1-2-4-7-6/h1-19,26H,20-25H2;1-16H,17-20,30H2;1-5H/t36-;29-;/m11./s1. The van der Waals surface area contributed by atoms with Crippen LogP contribution in [-0.4, -0.2) is 16.3 Å². The van der Waals surface area contributed by atoms with Crippen LogP contribution >= 0.6 is 15.8 Å². The van der Waals surface area contributed by atoms with Crippen molar-refractivity contribution in [2.75, 3.05) is 5.73 Å². The minimum atomic E-state index is -0.644. The van der Waals surface area contributed by atoms with Gasteiger partial charge >= 0.3 is 0 Å². The highest BCUT2D eigenvalue weighted by Gasteiger charge is 2.49. The van der Waals surface area contributed by atoms with Crippen LogP contribution in [0.2, 0.25) is 0 Å². The van der Waals surface area contributed by atoms with Crippen molar-refractivity contribution in [1.82, 2.24) is 9.97 Å². The second-order valence-corrected chi connectivity index (χ2v) is 25.2. The third kappa shape index (κ3) is 9.80. The van der Waals surface area contributed by atoms with Gasteiger partial charge in [0.05, 0.1) is 0 Å². The fourth-order valence-corrected chi connectivity index (χ4v) is 18.7. The van der Waals surface area contributed by atoms with Crippen molar-refractivity contribution in [2.24, 2.45) is 0 Å². The number of benzene rings is 8. The Balaban J connectivity index is 0.000000137. The zero-order valence-corrected chi connectivity index (χ0v) is 45.3. The largest absolute Gasteiger partial charge is 0.398 e. The summed E-state index contributed by atoms with van der Waals surface area (Å²) in [5.41, 5.74) is 23.3. The average Bonchev–Trinajstić information content (AvgIpc) is 4.30. The molecule has 0 radical (unpaired) electrons. The third-order valence-electron chi connectivity index (χ3n) is 16.6. The zero-order valence-electron chi connectivity index (χ0n) is 43.5. The summed E-state index contributed by atoms with van der Waals surface area (Å²) in [6.45, 7) is 0. The molecule has 0 aliphatic heterocycles. The van der Waals surface area contributed by atoms with Gasteiger partial charge < -0.3 is 5.73 Å². The molecule has 4 nitrogen and oxygen atoms in total. The lowest BCUT2D eigenvalue weighted by atomic mass is 9.74. The van der Waals surface area contributed by atoms with Gasteiger partial charge in [-0.1, -0.05) is 200 Å². The van der Waals surface area contributed by atoms with Crippen LogP contribution in [0.15, 0.2) is 243 Å². The molecular weight excluding hydrogens is 973 g/mol. The number of nitrogens with zero attached hydrogens (tertiary/aromatic N) is 2. The third-order valence-corrected chi connectivity index (χ3v) is 21.6. The first-order chi connectivity index (χ1) is 38.0. The van der Waals surface area contributed by atoms with Crippen LogP contribution in [0.3, 0.4) is 0 Å². The van der Waals surface area contributed by atoms with Gasteiger partial charge in [-0.2, -0.15) is 0 Å². The summed E-state index contributed by atoms with van der Waals surface area (Å²) in [5, 5.41) is 8.77. The summed E-state index contributed by atoms with van der Waals surface area (Å²) in [6, 6.07) is 83.8. The van der Waals surface area contributed by atoms with Crippen LogP contribution in [0.25, 0.3) is 0 Å². The molecule has 2 heterocycles. The predicted octanol–water partition coefficient (Wildman–Crippen LogP) is 12.9. The molecule has 2 spiro atoms. The molecule has 0 fully saturated rings. The fourth-order valence-electron chi connectivity index (χ4n) is 13.5. The molecule has 0 unspecified atom stereocenters. The average molecular weight is 1040 g/mol. The highest BCUT2D eigenvalue weighted by molar-refractivity contribution is 7.80. The van der Waals surface area contributed by atoms with E-state index in [9.17, 15) is 4.79 Å². The number of aromatic nitrogens is 2. The Morgan fingerprint density at radius 2 is 0.792 bits per heavy atom. The summed E-state index contributed by atoms with van der Waals surface area (Å²) in [5.74, 6) is 0. The molecule has 77 heavy (non-hydrogen) atoms. The Kier molecular flexibility index (Phi) is 14.7. The van der Waals surface area contributed by atoms with E-state index in [1.807, 2.05) is 12.3 Å². The fraction of sp³-hybridized carbons (Fsp3) is 0.169. The van der Waals surface area contributed by atoms with Crippen LogP contribution in [0.1, 0.15) is 91.9 Å². The lowest BCUT2D eigenvalue weighted by molar-refractivity contribution is 0.111. The van der Waals surface area contributed by atoms with Crippen LogP contribution in [-0.2, 0) is 49.4 Å². The van der Waals surface area contributed by atoms with Crippen LogP contribution in [0, 0.1) is 0 Å². The van der Waals surface area contributed by atoms with Crippen molar-refractivity contribution < 1.29 is 4.79 Å². The van der Waals surface area contributed by atoms with E-state index in [2.05, 4.69) is 216 Å². The van der Waals surface area contributed by atoms with Gasteiger partial charge in [-0.3, -0.25) is 14.8 Å². The van der Waals surface area contributed by atoms with Crippen molar-refractivity contribution in [3.05, 3.63) is 304 Å². The monoisotopic (exact) mass is 1040 g/mol. The summed E-state index contributed by atoms with van der Waals surface area (Å²) < 4.78 is 0. The van der Waals surface area contributed by atoms with E-state index in [1.165, 1.54) is 93.0 Å². The van der Waals surface area contributed by atoms with E-state index in [-0.39, 0.29) is 10.8 Å². The Bertz CT molecular complexity index is 3550. The van der Waals surface area contributed by atoms with Crippen LogP contribution in [0.4, 0.5) is 5.69 Å². The van der Waals surface area contributed by atoms with Crippen LogP contribution in [0.5, 0.6) is 0 Å². The molecule has 4 aliphatic rings. The topological polar surface area (TPSA) is 68.9 Å². The second kappa shape index (κ2) is 22.5. The van der Waals surface area contributed by atoms with Crippen molar-refractivity contribution in [3.8, 4) is 0 Å². The number of aryl methyl sites for hydroxylation is 6. The molecule has 0 bridgehead atoms. The first-order valence-electron chi connectivity index (χ1n) is 27.3. The Morgan fingerprint density at radius 1 is 0.390 bits per heavy atom. The number of carbonyl (C=O) groups is 1. The number of hydrogen-bond donors (Lipinski definition) is 1. The van der Waals surface area contributed by atoms with E-state index in [0.29, 0.717) is 5.69 Å². The minimum Gasteiger partial charge on any atom is -0.398 e. The van der Waals surface area contributed by atoms with E-state index < -0.39 is 15.8 Å². The van der Waals surface area contributed by atoms with Gasteiger partial charge in [-0.15, -0.1) is 0 Å². The molecule has 0 amide bonds. The Labute approximate surface area is 457 Å². The Hall–Kier alpha value is -7.61. The summed E-state index contributed by atoms with van der Waals surface area (Å²) in [7, 11) is -1.27. The van der Waals surface area contributed by atoms with Gasteiger partial charge in [0.1, 0.15) is 5.69 Å².